The van der Waals surface area contributed by atoms with Crippen LogP contribution in [0, 0.1) is 0 Å². The molecular weight excluding hydrogens is 410 g/mol. The summed E-state index contributed by atoms with van der Waals surface area (Å²) in [7, 11) is 2.22. The third-order valence-corrected chi connectivity index (χ3v) is 6.71. The quantitative estimate of drug-likeness (QED) is 0.374. The second-order valence-electron chi connectivity index (χ2n) is 9.42. The number of H-pyrrole nitrogens is 1. The van der Waals surface area contributed by atoms with Crippen LogP contribution in [0.1, 0.15) is 74.6 Å². The van der Waals surface area contributed by atoms with E-state index in [1.807, 2.05) is 24.3 Å². The topological polar surface area (TPSA) is 64.3 Å². The summed E-state index contributed by atoms with van der Waals surface area (Å²) in [6.07, 6.45) is 16.5. The van der Waals surface area contributed by atoms with Gasteiger partial charge in [-0.15, -0.1) is 0 Å². The zero-order valence-electron chi connectivity index (χ0n) is 20.5. The molecule has 0 spiro atoms. The monoisotopic (exact) mass is 453 g/mol. The first-order chi connectivity index (χ1) is 16.2. The van der Waals surface area contributed by atoms with Crippen LogP contribution in [0.3, 0.4) is 0 Å². The molecule has 0 aliphatic carbocycles. The van der Waals surface area contributed by atoms with Crippen LogP contribution in [0.2, 0.25) is 0 Å². The van der Waals surface area contributed by atoms with Gasteiger partial charge in [0.15, 0.2) is 0 Å². The summed E-state index contributed by atoms with van der Waals surface area (Å²) < 4.78 is 0. The van der Waals surface area contributed by atoms with Crippen molar-refractivity contribution in [3.8, 4) is 11.4 Å². The Morgan fingerprint density at radius 2 is 1.55 bits per heavy atom. The Bertz CT molecular complexity index is 784. The molecule has 0 bridgehead atoms. The van der Waals surface area contributed by atoms with Gasteiger partial charge in [0.05, 0.1) is 5.56 Å². The number of unbranched alkanes of at least 4 members (excludes halogenated alkanes) is 9. The molecular formula is C27H43N5O. The fourth-order valence-electron chi connectivity index (χ4n) is 4.54. The molecule has 33 heavy (non-hydrogen) atoms. The van der Waals surface area contributed by atoms with Crippen LogP contribution < -0.4 is 5.32 Å². The first kappa shape index (κ1) is 25.4. The van der Waals surface area contributed by atoms with Gasteiger partial charge in [0.25, 0.3) is 5.91 Å². The van der Waals surface area contributed by atoms with Gasteiger partial charge in [-0.1, -0.05) is 69.6 Å². The smallest absolute Gasteiger partial charge is 0.252 e. The summed E-state index contributed by atoms with van der Waals surface area (Å²) in [6.45, 7) is 6.98. The standard InChI is InChI=1S/C27H43N5O/c1-31-20-22-32(23-21-31)19-13-9-7-5-3-2-4-6-8-12-16-30-27(33)25-15-11-10-14-24(25)26-28-17-18-29-26/h10-11,14-15,17-18H,2-9,12-13,16,19-23H2,1H3,(H,28,29)(H,30,33). The van der Waals surface area contributed by atoms with Gasteiger partial charge in [0, 0.05) is 50.7 Å². The molecule has 2 N–H and O–H groups in total. The lowest BCUT2D eigenvalue weighted by atomic mass is 10.1. The highest BCUT2D eigenvalue weighted by Crippen LogP contribution is 2.19. The number of rotatable bonds is 15. The molecule has 1 aliphatic rings. The van der Waals surface area contributed by atoms with E-state index in [0.717, 1.165) is 24.4 Å². The second kappa shape index (κ2) is 14.9. The third-order valence-electron chi connectivity index (χ3n) is 6.71. The Hall–Kier alpha value is -2.18. The van der Waals surface area contributed by atoms with Crippen molar-refractivity contribution in [1.29, 1.82) is 0 Å². The van der Waals surface area contributed by atoms with E-state index in [1.165, 1.54) is 90.5 Å². The minimum Gasteiger partial charge on any atom is -0.352 e. The normalized spacial score (nSPS) is 15.1. The number of amides is 1. The molecule has 1 fully saturated rings. The molecule has 1 aliphatic heterocycles. The van der Waals surface area contributed by atoms with Crippen LogP contribution in [-0.4, -0.2) is 72.0 Å². The van der Waals surface area contributed by atoms with Gasteiger partial charge in [-0.25, -0.2) is 4.98 Å². The van der Waals surface area contributed by atoms with Crippen molar-refractivity contribution in [3.05, 3.63) is 42.2 Å². The lowest BCUT2D eigenvalue weighted by Crippen LogP contribution is -2.44. The number of hydrogen-bond acceptors (Lipinski definition) is 4. The average molecular weight is 454 g/mol. The fraction of sp³-hybridized carbons (Fsp3) is 0.630. The van der Waals surface area contributed by atoms with Gasteiger partial charge >= 0.3 is 0 Å². The Morgan fingerprint density at radius 3 is 2.21 bits per heavy atom. The van der Waals surface area contributed by atoms with Crippen LogP contribution in [0.15, 0.2) is 36.7 Å². The van der Waals surface area contributed by atoms with Crippen LogP contribution in [0.4, 0.5) is 0 Å². The van der Waals surface area contributed by atoms with Crippen LogP contribution in [-0.2, 0) is 0 Å². The molecule has 1 aromatic heterocycles. The number of nitrogens with one attached hydrogen (secondary N) is 2. The van der Waals surface area contributed by atoms with Gasteiger partial charge in [0.1, 0.15) is 5.82 Å². The number of nitrogens with zero attached hydrogens (tertiary/aromatic N) is 3. The first-order valence-corrected chi connectivity index (χ1v) is 13.0. The second-order valence-corrected chi connectivity index (χ2v) is 9.42. The molecule has 2 aromatic rings. The number of aromatic nitrogens is 2. The van der Waals surface area contributed by atoms with E-state index in [1.54, 1.807) is 12.4 Å². The van der Waals surface area contributed by atoms with Crippen molar-refractivity contribution < 1.29 is 4.79 Å². The highest BCUT2D eigenvalue weighted by atomic mass is 16.1. The molecule has 0 saturated carbocycles. The SMILES string of the molecule is CN1CCN(CCCCCCCCCCCCNC(=O)c2ccccc2-c2ncc[nH]2)CC1. The summed E-state index contributed by atoms with van der Waals surface area (Å²) in [5, 5.41) is 3.07. The summed E-state index contributed by atoms with van der Waals surface area (Å²) >= 11 is 0. The van der Waals surface area contributed by atoms with E-state index in [0.29, 0.717) is 5.56 Å². The van der Waals surface area contributed by atoms with E-state index in [4.69, 9.17) is 0 Å². The lowest BCUT2D eigenvalue weighted by Gasteiger charge is -2.32. The van der Waals surface area contributed by atoms with E-state index < -0.39 is 0 Å². The van der Waals surface area contributed by atoms with E-state index >= 15 is 0 Å². The largest absolute Gasteiger partial charge is 0.352 e. The van der Waals surface area contributed by atoms with E-state index in [-0.39, 0.29) is 5.91 Å². The Morgan fingerprint density at radius 1 is 0.909 bits per heavy atom. The van der Waals surface area contributed by atoms with Gasteiger partial charge in [-0.3, -0.25) is 4.79 Å². The van der Waals surface area contributed by atoms with Crippen LogP contribution in [0.5, 0.6) is 0 Å². The molecule has 0 radical (unpaired) electrons. The number of aromatic amines is 1. The van der Waals surface area contributed by atoms with Crippen molar-refractivity contribution >= 4 is 5.91 Å². The molecule has 0 atom stereocenters. The molecule has 6 nitrogen and oxygen atoms in total. The molecule has 3 rings (SSSR count). The number of piperazine rings is 1. The number of imidazole rings is 1. The van der Waals surface area contributed by atoms with Gasteiger partial charge in [-0.05, 0) is 32.5 Å². The molecule has 182 valence electrons. The zero-order chi connectivity index (χ0) is 23.1. The maximum absolute atomic E-state index is 12.6. The number of carbonyl (C=O) groups excluding carboxylic acids is 1. The fourth-order valence-corrected chi connectivity index (χ4v) is 4.54. The number of benzene rings is 1. The number of carbonyl (C=O) groups is 1. The Balaban J connectivity index is 1.13. The average Bonchev–Trinajstić information content (AvgIpc) is 3.38. The van der Waals surface area contributed by atoms with Crippen molar-refractivity contribution in [1.82, 2.24) is 25.1 Å². The molecule has 1 amide bonds. The highest BCUT2D eigenvalue weighted by molar-refractivity contribution is 6.00. The number of hydrogen-bond donors (Lipinski definition) is 2. The minimum absolute atomic E-state index is 0.0189. The summed E-state index contributed by atoms with van der Waals surface area (Å²) in [4.78, 5) is 25.0. The maximum Gasteiger partial charge on any atom is 0.252 e. The van der Waals surface area contributed by atoms with Gasteiger partial charge < -0.3 is 20.1 Å². The van der Waals surface area contributed by atoms with Crippen molar-refractivity contribution in [2.75, 3.05) is 46.3 Å². The van der Waals surface area contributed by atoms with Crippen molar-refractivity contribution in [3.63, 3.8) is 0 Å². The molecule has 1 aromatic carbocycles. The van der Waals surface area contributed by atoms with Crippen molar-refractivity contribution in [2.24, 2.45) is 0 Å². The predicted octanol–water partition coefficient (Wildman–Crippen LogP) is 4.95. The summed E-state index contributed by atoms with van der Waals surface area (Å²) in [5.74, 6) is 0.713. The van der Waals surface area contributed by atoms with Crippen LogP contribution in [0.25, 0.3) is 11.4 Å². The predicted molar refractivity (Wildman–Crippen MR) is 136 cm³/mol. The maximum atomic E-state index is 12.6. The molecule has 0 unspecified atom stereocenters. The Kier molecular flexibility index (Phi) is 11.5. The van der Waals surface area contributed by atoms with E-state index in [9.17, 15) is 4.79 Å². The summed E-state index contributed by atoms with van der Waals surface area (Å²) in [5.41, 5.74) is 1.52. The molecule has 1 saturated heterocycles. The number of likely N-dealkylation sites (N-methyl/N-ethyl adjacent to an activating group) is 1. The van der Waals surface area contributed by atoms with Crippen LogP contribution >= 0.6 is 0 Å². The van der Waals surface area contributed by atoms with Gasteiger partial charge in [-0.2, -0.15) is 0 Å². The summed E-state index contributed by atoms with van der Waals surface area (Å²) in [6, 6.07) is 7.62. The molecule has 6 heteroatoms. The van der Waals surface area contributed by atoms with Crippen molar-refractivity contribution in [2.45, 2.75) is 64.2 Å². The Labute approximate surface area is 200 Å². The highest BCUT2D eigenvalue weighted by Gasteiger charge is 2.13. The lowest BCUT2D eigenvalue weighted by molar-refractivity contribution is 0.0953. The first-order valence-electron chi connectivity index (χ1n) is 13.0. The van der Waals surface area contributed by atoms with E-state index in [2.05, 4.69) is 32.1 Å². The van der Waals surface area contributed by atoms with Gasteiger partial charge in [0.2, 0.25) is 0 Å². The molecule has 2 heterocycles. The minimum atomic E-state index is -0.0189. The third kappa shape index (κ3) is 9.30. The zero-order valence-corrected chi connectivity index (χ0v) is 20.5.